The standard InChI is InChI=1S/C13H13N3O2/c1-16-12-4-3-9(18-2)5-8(12)6-10(13(16)17)11(15)7-14/h3-6,11H,15H2,1-2H3/t11-/m1/s1. The quantitative estimate of drug-likeness (QED) is 0.855. The molecule has 1 aromatic carbocycles. The van der Waals surface area contributed by atoms with Crippen molar-refractivity contribution in [3.05, 3.63) is 40.2 Å². The van der Waals surface area contributed by atoms with Gasteiger partial charge in [-0.1, -0.05) is 0 Å². The molecule has 0 bridgehead atoms. The van der Waals surface area contributed by atoms with Gasteiger partial charge in [0.25, 0.3) is 5.56 Å². The molecule has 2 rings (SSSR count). The van der Waals surface area contributed by atoms with Crippen molar-refractivity contribution < 1.29 is 4.74 Å². The molecular formula is C13H13N3O2. The van der Waals surface area contributed by atoms with Crippen molar-refractivity contribution in [1.29, 1.82) is 5.26 Å². The van der Waals surface area contributed by atoms with E-state index in [9.17, 15) is 4.79 Å². The second-order valence-corrected chi connectivity index (χ2v) is 4.00. The van der Waals surface area contributed by atoms with Crippen molar-refractivity contribution in [2.45, 2.75) is 6.04 Å². The van der Waals surface area contributed by atoms with Crippen LogP contribution in [0.25, 0.3) is 10.9 Å². The monoisotopic (exact) mass is 243 g/mol. The maximum atomic E-state index is 12.0. The number of aryl methyl sites for hydroxylation is 1. The largest absolute Gasteiger partial charge is 0.497 e. The maximum Gasteiger partial charge on any atom is 0.256 e. The zero-order chi connectivity index (χ0) is 13.3. The number of rotatable bonds is 2. The Balaban J connectivity index is 2.81. The predicted molar refractivity (Wildman–Crippen MR) is 68.3 cm³/mol. The van der Waals surface area contributed by atoms with E-state index >= 15 is 0 Å². The fourth-order valence-corrected chi connectivity index (χ4v) is 1.91. The minimum Gasteiger partial charge on any atom is -0.497 e. The number of pyridine rings is 1. The molecular weight excluding hydrogens is 230 g/mol. The summed E-state index contributed by atoms with van der Waals surface area (Å²) in [7, 11) is 3.23. The molecule has 0 saturated heterocycles. The Bertz CT molecular complexity index is 698. The molecule has 1 aromatic heterocycles. The summed E-state index contributed by atoms with van der Waals surface area (Å²) in [4.78, 5) is 12.0. The number of hydrogen-bond donors (Lipinski definition) is 1. The lowest BCUT2D eigenvalue weighted by Crippen LogP contribution is -2.26. The van der Waals surface area contributed by atoms with Gasteiger partial charge in [0.2, 0.25) is 0 Å². The van der Waals surface area contributed by atoms with Crippen LogP contribution in [0.4, 0.5) is 0 Å². The fourth-order valence-electron chi connectivity index (χ4n) is 1.91. The highest BCUT2D eigenvalue weighted by Gasteiger charge is 2.13. The first-order valence-electron chi connectivity index (χ1n) is 5.41. The SMILES string of the molecule is COc1ccc2c(c1)cc([C@H](N)C#N)c(=O)n2C. The van der Waals surface area contributed by atoms with Gasteiger partial charge in [0.05, 0.1) is 18.7 Å². The Morgan fingerprint density at radius 2 is 2.17 bits per heavy atom. The van der Waals surface area contributed by atoms with Crippen molar-refractivity contribution in [3.8, 4) is 11.8 Å². The minimum atomic E-state index is -0.917. The van der Waals surface area contributed by atoms with Gasteiger partial charge in [0, 0.05) is 18.0 Å². The summed E-state index contributed by atoms with van der Waals surface area (Å²) in [5.41, 5.74) is 6.44. The molecule has 5 nitrogen and oxygen atoms in total. The lowest BCUT2D eigenvalue weighted by molar-refractivity contribution is 0.415. The smallest absolute Gasteiger partial charge is 0.256 e. The molecule has 0 saturated carbocycles. The Morgan fingerprint density at radius 1 is 1.44 bits per heavy atom. The molecule has 2 N–H and O–H groups in total. The molecule has 0 fully saturated rings. The van der Waals surface area contributed by atoms with Gasteiger partial charge < -0.3 is 15.0 Å². The Kier molecular flexibility index (Phi) is 3.04. The first-order chi connectivity index (χ1) is 8.58. The van der Waals surface area contributed by atoms with E-state index in [0.717, 1.165) is 10.9 Å². The predicted octanol–water partition coefficient (Wildman–Crippen LogP) is 1.07. The maximum absolute atomic E-state index is 12.0. The summed E-state index contributed by atoms with van der Waals surface area (Å²) in [5.74, 6) is 0.692. The Morgan fingerprint density at radius 3 is 2.78 bits per heavy atom. The fraction of sp³-hybridized carbons (Fsp3) is 0.231. The average Bonchev–Trinajstić information content (AvgIpc) is 2.41. The third-order valence-electron chi connectivity index (χ3n) is 2.93. The highest BCUT2D eigenvalue weighted by molar-refractivity contribution is 5.81. The molecule has 92 valence electrons. The van der Waals surface area contributed by atoms with E-state index < -0.39 is 6.04 Å². The van der Waals surface area contributed by atoms with Gasteiger partial charge in [0.15, 0.2) is 0 Å². The molecule has 5 heteroatoms. The second kappa shape index (κ2) is 4.51. The van der Waals surface area contributed by atoms with Crippen LogP contribution in [0.15, 0.2) is 29.1 Å². The highest BCUT2D eigenvalue weighted by Crippen LogP contribution is 2.21. The normalized spacial score (nSPS) is 12.1. The number of nitriles is 1. The van der Waals surface area contributed by atoms with Crippen LogP contribution >= 0.6 is 0 Å². The van der Waals surface area contributed by atoms with E-state index in [2.05, 4.69) is 0 Å². The molecule has 0 radical (unpaired) electrons. The summed E-state index contributed by atoms with van der Waals surface area (Å²) in [6, 6.07) is 8.00. The van der Waals surface area contributed by atoms with Crippen LogP contribution in [0.2, 0.25) is 0 Å². The summed E-state index contributed by atoms with van der Waals surface area (Å²) in [6.45, 7) is 0. The van der Waals surface area contributed by atoms with Crippen LogP contribution in [0, 0.1) is 11.3 Å². The van der Waals surface area contributed by atoms with E-state index in [0.29, 0.717) is 11.3 Å². The van der Waals surface area contributed by atoms with E-state index in [1.165, 1.54) is 4.57 Å². The summed E-state index contributed by atoms with van der Waals surface area (Å²) < 4.78 is 6.62. The molecule has 2 aromatic rings. The van der Waals surface area contributed by atoms with E-state index in [1.807, 2.05) is 12.1 Å². The van der Waals surface area contributed by atoms with Crippen LogP contribution in [0.5, 0.6) is 5.75 Å². The van der Waals surface area contributed by atoms with Gasteiger partial charge in [-0.15, -0.1) is 0 Å². The van der Waals surface area contributed by atoms with Crippen LogP contribution in [-0.2, 0) is 7.05 Å². The summed E-state index contributed by atoms with van der Waals surface area (Å²) in [5, 5.41) is 9.65. The van der Waals surface area contributed by atoms with Crippen LogP contribution in [0.3, 0.4) is 0 Å². The molecule has 1 heterocycles. The summed E-state index contributed by atoms with van der Waals surface area (Å²) in [6.07, 6.45) is 0. The number of fused-ring (bicyclic) bond motifs is 1. The van der Waals surface area contributed by atoms with Crippen molar-refractivity contribution >= 4 is 10.9 Å². The number of nitrogens with two attached hydrogens (primary N) is 1. The number of methoxy groups -OCH3 is 1. The molecule has 0 amide bonds. The third-order valence-corrected chi connectivity index (χ3v) is 2.93. The second-order valence-electron chi connectivity index (χ2n) is 4.00. The number of benzene rings is 1. The molecule has 0 aliphatic carbocycles. The van der Waals surface area contributed by atoms with Gasteiger partial charge in [-0.3, -0.25) is 4.79 Å². The third kappa shape index (κ3) is 1.83. The number of hydrogen-bond acceptors (Lipinski definition) is 4. The lowest BCUT2D eigenvalue weighted by atomic mass is 10.1. The van der Waals surface area contributed by atoms with Crippen LogP contribution < -0.4 is 16.0 Å². The van der Waals surface area contributed by atoms with Gasteiger partial charge in [-0.05, 0) is 24.3 Å². The van der Waals surface area contributed by atoms with Gasteiger partial charge >= 0.3 is 0 Å². The van der Waals surface area contributed by atoms with Gasteiger partial charge in [-0.2, -0.15) is 5.26 Å². The van der Waals surface area contributed by atoms with E-state index in [1.54, 1.807) is 32.4 Å². The zero-order valence-electron chi connectivity index (χ0n) is 10.2. The van der Waals surface area contributed by atoms with Crippen LogP contribution in [0.1, 0.15) is 11.6 Å². The molecule has 0 unspecified atom stereocenters. The van der Waals surface area contributed by atoms with Gasteiger partial charge in [-0.25, -0.2) is 0 Å². The number of nitrogens with zero attached hydrogens (tertiary/aromatic N) is 2. The van der Waals surface area contributed by atoms with E-state index in [4.69, 9.17) is 15.7 Å². The number of aromatic nitrogens is 1. The van der Waals surface area contributed by atoms with Crippen LogP contribution in [-0.4, -0.2) is 11.7 Å². The highest BCUT2D eigenvalue weighted by atomic mass is 16.5. The van der Waals surface area contributed by atoms with Crippen molar-refractivity contribution in [3.63, 3.8) is 0 Å². The first-order valence-corrected chi connectivity index (χ1v) is 5.41. The van der Waals surface area contributed by atoms with Gasteiger partial charge in [0.1, 0.15) is 11.8 Å². The van der Waals surface area contributed by atoms with Crippen molar-refractivity contribution in [1.82, 2.24) is 4.57 Å². The number of ether oxygens (including phenoxy) is 1. The molecule has 0 aliphatic heterocycles. The van der Waals surface area contributed by atoms with Crippen molar-refractivity contribution in [2.24, 2.45) is 12.8 Å². The Hall–Kier alpha value is -2.32. The molecule has 1 atom stereocenters. The minimum absolute atomic E-state index is 0.248. The molecule has 0 spiro atoms. The lowest BCUT2D eigenvalue weighted by Gasteiger charge is -2.10. The first kappa shape index (κ1) is 12.1. The average molecular weight is 243 g/mol. The molecule has 18 heavy (non-hydrogen) atoms. The zero-order valence-corrected chi connectivity index (χ0v) is 10.2. The summed E-state index contributed by atoms with van der Waals surface area (Å²) >= 11 is 0. The molecule has 0 aliphatic rings. The van der Waals surface area contributed by atoms with E-state index in [-0.39, 0.29) is 5.56 Å². The Labute approximate surface area is 104 Å². The topological polar surface area (TPSA) is 81.0 Å². The van der Waals surface area contributed by atoms with Crippen molar-refractivity contribution in [2.75, 3.05) is 7.11 Å².